The number of halogens is 2. The van der Waals surface area contributed by atoms with E-state index in [1.807, 2.05) is 0 Å². The zero-order valence-corrected chi connectivity index (χ0v) is 26.0. The topological polar surface area (TPSA) is 27.7 Å². The van der Waals surface area contributed by atoms with Gasteiger partial charge in [0.05, 0.1) is 0 Å². The molecular formula is C28H45Cl2O3PRu. The molecule has 0 heterocycles. The molecule has 0 bridgehead atoms. The monoisotopic (exact) mass is 632 g/mol. The fourth-order valence-corrected chi connectivity index (χ4v) is 12.7. The second kappa shape index (κ2) is 16.2. The van der Waals surface area contributed by atoms with Crippen LogP contribution in [-0.4, -0.2) is 42.9 Å². The molecule has 0 unspecified atom stereocenters. The number of ether oxygens (including phenoxy) is 3. The van der Waals surface area contributed by atoms with Crippen LogP contribution < -0.4 is 14.2 Å². The molecule has 3 aliphatic carbocycles. The van der Waals surface area contributed by atoms with Crippen molar-refractivity contribution in [3.05, 3.63) is 17.7 Å². The van der Waals surface area contributed by atoms with Crippen molar-refractivity contribution < 1.29 is 27.7 Å². The predicted molar refractivity (Wildman–Crippen MR) is 151 cm³/mol. The Bertz CT molecular complexity index is 742. The fourth-order valence-electron chi connectivity index (χ4n) is 6.25. The third-order valence-electron chi connectivity index (χ3n) is 7.91. The van der Waals surface area contributed by atoms with Crippen molar-refractivity contribution >= 4 is 31.9 Å². The SMILES string of the molecule is C1CCC(P(C2CCCCC2)C2CCCCC2)CC1.COc1cc(OC)c(OC)cc1[CH]=[Ru]([Cl])[Cl]. The average molecular weight is 633 g/mol. The second-order valence-electron chi connectivity index (χ2n) is 10.1. The summed E-state index contributed by atoms with van der Waals surface area (Å²) in [6, 6.07) is 3.54. The van der Waals surface area contributed by atoms with Crippen molar-refractivity contribution in [3.8, 4) is 17.2 Å². The van der Waals surface area contributed by atoms with Crippen LogP contribution in [0.3, 0.4) is 0 Å². The summed E-state index contributed by atoms with van der Waals surface area (Å²) in [6.45, 7) is 0. The van der Waals surface area contributed by atoms with Gasteiger partial charge in [-0.05, 0) is 55.5 Å². The third kappa shape index (κ3) is 9.12. The van der Waals surface area contributed by atoms with Crippen LogP contribution in [0.1, 0.15) is 102 Å². The van der Waals surface area contributed by atoms with Gasteiger partial charge in [-0.2, -0.15) is 0 Å². The molecular weight excluding hydrogens is 587 g/mol. The van der Waals surface area contributed by atoms with Crippen LogP contribution >= 0.6 is 27.3 Å². The summed E-state index contributed by atoms with van der Waals surface area (Å²) in [6.07, 6.45) is 23.6. The fraction of sp³-hybridized carbons (Fsp3) is 0.750. The van der Waals surface area contributed by atoms with E-state index in [1.165, 1.54) is 36.2 Å². The van der Waals surface area contributed by atoms with E-state index in [1.54, 1.807) is 115 Å². The summed E-state index contributed by atoms with van der Waals surface area (Å²) >= 11 is -1.89. The molecule has 0 atom stereocenters. The Hall–Kier alpha value is 0.123. The number of rotatable bonds is 7. The van der Waals surface area contributed by atoms with Gasteiger partial charge in [0.2, 0.25) is 0 Å². The van der Waals surface area contributed by atoms with E-state index in [0.717, 1.165) is 5.56 Å². The van der Waals surface area contributed by atoms with E-state index in [2.05, 4.69) is 0 Å². The molecule has 0 spiro atoms. The minimum absolute atomic E-state index is 0.385. The van der Waals surface area contributed by atoms with Gasteiger partial charge in [0, 0.05) is 0 Å². The van der Waals surface area contributed by atoms with Crippen molar-refractivity contribution in [3.63, 3.8) is 0 Å². The van der Waals surface area contributed by atoms with Gasteiger partial charge < -0.3 is 0 Å². The van der Waals surface area contributed by atoms with Gasteiger partial charge in [-0.1, -0.05) is 65.7 Å². The van der Waals surface area contributed by atoms with Gasteiger partial charge in [-0.25, -0.2) is 0 Å². The molecule has 0 aliphatic heterocycles. The Labute approximate surface area is 228 Å². The van der Waals surface area contributed by atoms with Crippen LogP contribution in [0.2, 0.25) is 0 Å². The van der Waals surface area contributed by atoms with E-state index >= 15 is 0 Å². The molecule has 3 fully saturated rings. The summed E-state index contributed by atoms with van der Waals surface area (Å²) in [5.41, 5.74) is 4.39. The molecule has 0 N–H and O–H groups in total. The summed E-state index contributed by atoms with van der Waals surface area (Å²) in [5, 5.41) is 0. The van der Waals surface area contributed by atoms with Crippen LogP contribution in [0.25, 0.3) is 0 Å². The Morgan fingerprint density at radius 1 is 0.629 bits per heavy atom. The van der Waals surface area contributed by atoms with Crippen LogP contribution in [0.4, 0.5) is 0 Å². The summed E-state index contributed by atoms with van der Waals surface area (Å²) in [7, 11) is 16.8. The first-order valence-electron chi connectivity index (χ1n) is 13.5. The van der Waals surface area contributed by atoms with Crippen molar-refractivity contribution in [1.82, 2.24) is 0 Å². The molecule has 3 saturated carbocycles. The molecule has 0 saturated heterocycles. The normalized spacial score (nSPS) is 20.6. The van der Waals surface area contributed by atoms with Crippen LogP contribution in [-0.2, 0) is 13.5 Å². The first kappa shape index (κ1) is 29.7. The Balaban J connectivity index is 0.000000199. The molecule has 4 rings (SSSR count). The predicted octanol–water partition coefficient (Wildman–Crippen LogP) is 9.25. The molecule has 0 radical (unpaired) electrons. The average Bonchev–Trinajstić information content (AvgIpc) is 2.90. The van der Waals surface area contributed by atoms with Crippen LogP contribution in [0.15, 0.2) is 12.1 Å². The zero-order chi connectivity index (χ0) is 25.0. The van der Waals surface area contributed by atoms with Crippen LogP contribution in [0.5, 0.6) is 17.2 Å². The zero-order valence-electron chi connectivity index (χ0n) is 21.9. The maximum absolute atomic E-state index is 5.84. The summed E-state index contributed by atoms with van der Waals surface area (Å²) in [4.78, 5) is 0. The van der Waals surface area contributed by atoms with Gasteiger partial charge in [-0.3, -0.25) is 0 Å². The van der Waals surface area contributed by atoms with Gasteiger partial charge in [0.25, 0.3) is 0 Å². The molecule has 0 aromatic heterocycles. The van der Waals surface area contributed by atoms with Gasteiger partial charge in [0.15, 0.2) is 0 Å². The van der Waals surface area contributed by atoms with Gasteiger partial charge in [0.1, 0.15) is 0 Å². The summed E-state index contributed by atoms with van der Waals surface area (Å²) < 4.78 is 17.4. The van der Waals surface area contributed by atoms with E-state index in [4.69, 9.17) is 33.6 Å². The number of benzene rings is 1. The number of hydrogen-bond donors (Lipinski definition) is 0. The Kier molecular flexibility index (Phi) is 13.7. The third-order valence-corrected chi connectivity index (χ3v) is 13.8. The number of methoxy groups -OCH3 is 3. The first-order chi connectivity index (χ1) is 17.1. The van der Waals surface area contributed by atoms with E-state index < -0.39 is 13.5 Å². The Morgan fingerprint density at radius 2 is 1.00 bits per heavy atom. The molecule has 1 aromatic carbocycles. The van der Waals surface area contributed by atoms with E-state index in [0.29, 0.717) is 25.2 Å². The summed E-state index contributed by atoms with van der Waals surface area (Å²) in [5.74, 6) is 1.90. The molecule has 3 aliphatic rings. The minimum atomic E-state index is -1.89. The van der Waals surface area contributed by atoms with Gasteiger partial charge in [-0.15, -0.1) is 0 Å². The van der Waals surface area contributed by atoms with E-state index in [9.17, 15) is 0 Å². The first-order valence-corrected chi connectivity index (χ1v) is 20.5. The molecule has 202 valence electrons. The van der Waals surface area contributed by atoms with Crippen molar-refractivity contribution in [2.45, 2.75) is 113 Å². The molecule has 0 amide bonds. The van der Waals surface area contributed by atoms with Crippen molar-refractivity contribution in [1.29, 1.82) is 0 Å². The molecule has 7 heteroatoms. The van der Waals surface area contributed by atoms with E-state index in [-0.39, 0.29) is 0 Å². The van der Waals surface area contributed by atoms with Gasteiger partial charge >= 0.3 is 108 Å². The standard InChI is InChI=1S/C18H33P.C10H12O3.2ClH.Ru/c1-4-10-16(11-5-1)19(17-12-6-2-7-13-17)18-14-8-3-9-15-18;1-7-5-9(12-3)10(13-4)6-8(7)11-2;;;/h16-18H,1-15H2;1,5-6H,2-4H3;2*1H;/q;;;;+2/p-2. The maximum atomic E-state index is 5.84. The van der Waals surface area contributed by atoms with Crippen LogP contribution in [0, 0.1) is 0 Å². The quantitative estimate of drug-likeness (QED) is 0.222. The number of hydrogen-bond acceptors (Lipinski definition) is 3. The molecule has 1 aromatic rings. The second-order valence-corrected chi connectivity index (χ2v) is 18.9. The molecule has 35 heavy (non-hydrogen) atoms. The van der Waals surface area contributed by atoms with Crippen molar-refractivity contribution in [2.24, 2.45) is 0 Å². The Morgan fingerprint density at radius 3 is 1.34 bits per heavy atom. The molecule has 3 nitrogen and oxygen atoms in total. The van der Waals surface area contributed by atoms with Crippen molar-refractivity contribution in [2.75, 3.05) is 21.3 Å².